The molecule has 1 saturated carbocycles. The SMILES string of the molecule is CC1CCC(NC(=O)c2ccc(-c3ncccc3Cl)cc2)CC1. The van der Waals surface area contributed by atoms with Gasteiger partial charge in [-0.3, -0.25) is 9.78 Å². The van der Waals surface area contributed by atoms with Crippen molar-refractivity contribution in [2.24, 2.45) is 5.92 Å². The molecule has 0 spiro atoms. The van der Waals surface area contributed by atoms with E-state index in [1.165, 1.54) is 12.8 Å². The molecule has 1 aromatic carbocycles. The lowest BCUT2D eigenvalue weighted by Crippen LogP contribution is -2.37. The summed E-state index contributed by atoms with van der Waals surface area (Å²) in [6, 6.07) is 11.4. The maximum Gasteiger partial charge on any atom is 0.251 e. The number of rotatable bonds is 3. The lowest BCUT2D eigenvalue weighted by molar-refractivity contribution is 0.0923. The first-order valence-electron chi connectivity index (χ1n) is 8.15. The molecule has 0 radical (unpaired) electrons. The number of nitrogens with one attached hydrogen (secondary N) is 1. The molecule has 0 bridgehead atoms. The Hall–Kier alpha value is -1.87. The van der Waals surface area contributed by atoms with E-state index in [1.807, 2.05) is 30.3 Å². The van der Waals surface area contributed by atoms with Gasteiger partial charge in [0.25, 0.3) is 5.91 Å². The first-order chi connectivity index (χ1) is 11.1. The van der Waals surface area contributed by atoms with Crippen molar-refractivity contribution in [2.75, 3.05) is 0 Å². The highest BCUT2D eigenvalue weighted by Gasteiger charge is 2.20. The molecule has 0 aliphatic heterocycles. The third-order valence-electron chi connectivity index (χ3n) is 4.53. The Balaban J connectivity index is 1.67. The van der Waals surface area contributed by atoms with Crippen LogP contribution in [-0.4, -0.2) is 16.9 Å². The van der Waals surface area contributed by atoms with Crippen LogP contribution in [0.5, 0.6) is 0 Å². The minimum atomic E-state index is 0.00298. The molecule has 1 aromatic heterocycles. The van der Waals surface area contributed by atoms with E-state index in [-0.39, 0.29) is 5.91 Å². The van der Waals surface area contributed by atoms with E-state index in [2.05, 4.69) is 17.2 Å². The highest BCUT2D eigenvalue weighted by atomic mass is 35.5. The molecule has 0 unspecified atom stereocenters. The molecule has 2 aromatic rings. The maximum atomic E-state index is 12.4. The zero-order chi connectivity index (χ0) is 16.2. The number of nitrogens with zero attached hydrogens (tertiary/aromatic N) is 1. The summed E-state index contributed by atoms with van der Waals surface area (Å²) in [7, 11) is 0. The predicted octanol–water partition coefficient (Wildman–Crippen LogP) is 4.71. The second-order valence-electron chi connectivity index (χ2n) is 6.34. The van der Waals surface area contributed by atoms with Gasteiger partial charge in [0.05, 0.1) is 10.7 Å². The van der Waals surface area contributed by atoms with Gasteiger partial charge in [-0.25, -0.2) is 0 Å². The summed E-state index contributed by atoms with van der Waals surface area (Å²) in [5.74, 6) is 0.786. The fourth-order valence-electron chi connectivity index (χ4n) is 3.05. The molecule has 0 saturated heterocycles. The third kappa shape index (κ3) is 3.91. The minimum absolute atomic E-state index is 0.00298. The quantitative estimate of drug-likeness (QED) is 0.886. The van der Waals surface area contributed by atoms with Gasteiger partial charge in [0, 0.05) is 23.4 Å². The number of pyridine rings is 1. The molecule has 1 aliphatic rings. The zero-order valence-electron chi connectivity index (χ0n) is 13.3. The van der Waals surface area contributed by atoms with Gasteiger partial charge < -0.3 is 5.32 Å². The van der Waals surface area contributed by atoms with Gasteiger partial charge in [0.15, 0.2) is 0 Å². The molecule has 1 N–H and O–H groups in total. The fourth-order valence-corrected chi connectivity index (χ4v) is 3.28. The summed E-state index contributed by atoms with van der Waals surface area (Å²) >= 11 is 6.16. The number of hydrogen-bond acceptors (Lipinski definition) is 2. The second-order valence-corrected chi connectivity index (χ2v) is 6.75. The molecule has 3 rings (SSSR count). The van der Waals surface area contributed by atoms with Crippen LogP contribution in [-0.2, 0) is 0 Å². The van der Waals surface area contributed by atoms with Crippen LogP contribution in [0, 0.1) is 5.92 Å². The van der Waals surface area contributed by atoms with Crippen LogP contribution in [0.2, 0.25) is 5.02 Å². The molecule has 0 atom stereocenters. The van der Waals surface area contributed by atoms with E-state index >= 15 is 0 Å². The van der Waals surface area contributed by atoms with Crippen molar-refractivity contribution in [1.29, 1.82) is 0 Å². The Kier molecular flexibility index (Phi) is 4.97. The van der Waals surface area contributed by atoms with Crippen molar-refractivity contribution < 1.29 is 4.79 Å². The molecular formula is C19H21ClN2O. The Labute approximate surface area is 142 Å². The Bertz CT molecular complexity index is 676. The first-order valence-corrected chi connectivity index (χ1v) is 8.53. The lowest BCUT2D eigenvalue weighted by atomic mass is 9.87. The Morgan fingerprint density at radius 3 is 2.48 bits per heavy atom. The van der Waals surface area contributed by atoms with Crippen molar-refractivity contribution in [3.63, 3.8) is 0 Å². The number of amides is 1. The van der Waals surface area contributed by atoms with E-state index in [0.717, 1.165) is 30.0 Å². The maximum absolute atomic E-state index is 12.4. The molecule has 23 heavy (non-hydrogen) atoms. The Morgan fingerprint density at radius 2 is 1.83 bits per heavy atom. The van der Waals surface area contributed by atoms with Gasteiger partial charge in [-0.2, -0.15) is 0 Å². The summed E-state index contributed by atoms with van der Waals surface area (Å²) in [6.45, 7) is 2.28. The number of carbonyl (C=O) groups is 1. The number of aromatic nitrogens is 1. The number of hydrogen-bond donors (Lipinski definition) is 1. The molecule has 4 heteroatoms. The molecule has 1 heterocycles. The summed E-state index contributed by atoms with van der Waals surface area (Å²) < 4.78 is 0. The van der Waals surface area contributed by atoms with Gasteiger partial charge >= 0.3 is 0 Å². The molecular weight excluding hydrogens is 308 g/mol. The predicted molar refractivity (Wildman–Crippen MR) is 93.6 cm³/mol. The van der Waals surface area contributed by atoms with Crippen LogP contribution in [0.3, 0.4) is 0 Å². The van der Waals surface area contributed by atoms with Gasteiger partial charge in [-0.1, -0.05) is 30.7 Å². The molecule has 1 amide bonds. The summed E-state index contributed by atoms with van der Waals surface area (Å²) in [4.78, 5) is 16.6. The standard InChI is InChI=1S/C19H21ClN2O/c1-13-4-10-16(11-5-13)22-19(23)15-8-6-14(7-9-15)18-17(20)3-2-12-21-18/h2-3,6-9,12-13,16H,4-5,10-11H2,1H3,(H,22,23). The highest BCUT2D eigenvalue weighted by Crippen LogP contribution is 2.26. The summed E-state index contributed by atoms with van der Waals surface area (Å²) in [5.41, 5.74) is 2.33. The van der Waals surface area contributed by atoms with Crippen LogP contribution in [0.1, 0.15) is 43.0 Å². The van der Waals surface area contributed by atoms with Crippen LogP contribution < -0.4 is 5.32 Å². The molecule has 120 valence electrons. The van der Waals surface area contributed by atoms with Crippen molar-refractivity contribution in [2.45, 2.75) is 38.6 Å². The van der Waals surface area contributed by atoms with Gasteiger partial charge in [0.2, 0.25) is 0 Å². The van der Waals surface area contributed by atoms with Crippen molar-refractivity contribution in [3.8, 4) is 11.3 Å². The molecule has 1 fully saturated rings. The lowest BCUT2D eigenvalue weighted by Gasteiger charge is -2.26. The second kappa shape index (κ2) is 7.14. The van der Waals surface area contributed by atoms with Crippen molar-refractivity contribution in [3.05, 3.63) is 53.2 Å². The van der Waals surface area contributed by atoms with E-state index < -0.39 is 0 Å². The van der Waals surface area contributed by atoms with E-state index in [0.29, 0.717) is 16.6 Å². The Morgan fingerprint density at radius 1 is 1.13 bits per heavy atom. The van der Waals surface area contributed by atoms with Crippen LogP contribution in [0.4, 0.5) is 0 Å². The van der Waals surface area contributed by atoms with E-state index in [9.17, 15) is 4.79 Å². The van der Waals surface area contributed by atoms with Crippen molar-refractivity contribution in [1.82, 2.24) is 10.3 Å². The monoisotopic (exact) mass is 328 g/mol. The highest BCUT2D eigenvalue weighted by molar-refractivity contribution is 6.33. The van der Waals surface area contributed by atoms with E-state index in [4.69, 9.17) is 11.6 Å². The average molecular weight is 329 g/mol. The summed E-state index contributed by atoms with van der Waals surface area (Å²) in [6.07, 6.45) is 6.26. The van der Waals surface area contributed by atoms with Crippen molar-refractivity contribution >= 4 is 17.5 Å². The minimum Gasteiger partial charge on any atom is -0.349 e. The third-order valence-corrected chi connectivity index (χ3v) is 4.84. The van der Waals surface area contributed by atoms with Gasteiger partial charge in [-0.05, 0) is 55.9 Å². The van der Waals surface area contributed by atoms with Crippen LogP contribution >= 0.6 is 11.6 Å². The summed E-state index contributed by atoms with van der Waals surface area (Å²) in [5, 5.41) is 3.76. The number of carbonyl (C=O) groups excluding carboxylic acids is 1. The first kappa shape index (κ1) is 16.0. The number of halogens is 1. The van der Waals surface area contributed by atoms with Crippen LogP contribution in [0.25, 0.3) is 11.3 Å². The normalized spacial score (nSPS) is 21.0. The average Bonchev–Trinajstić information content (AvgIpc) is 2.57. The smallest absolute Gasteiger partial charge is 0.251 e. The topological polar surface area (TPSA) is 42.0 Å². The largest absolute Gasteiger partial charge is 0.349 e. The molecule has 1 aliphatic carbocycles. The zero-order valence-corrected chi connectivity index (χ0v) is 14.0. The van der Waals surface area contributed by atoms with E-state index in [1.54, 1.807) is 12.3 Å². The van der Waals surface area contributed by atoms with Gasteiger partial charge in [-0.15, -0.1) is 0 Å². The van der Waals surface area contributed by atoms with Gasteiger partial charge in [0.1, 0.15) is 0 Å². The fraction of sp³-hybridized carbons (Fsp3) is 0.368. The number of benzene rings is 1. The molecule has 3 nitrogen and oxygen atoms in total. The van der Waals surface area contributed by atoms with Crippen LogP contribution in [0.15, 0.2) is 42.6 Å².